The maximum Gasteiger partial charge on any atom is 2.00 e. The van der Waals surface area contributed by atoms with Gasteiger partial charge in [-0.15, -0.1) is 0 Å². The van der Waals surface area contributed by atoms with Crippen LogP contribution in [0.3, 0.4) is 0 Å². The maximum atomic E-state index is 8.55. The summed E-state index contributed by atoms with van der Waals surface area (Å²) in [5, 5.41) is 0. The van der Waals surface area contributed by atoms with E-state index in [0.29, 0.717) is 0 Å². The number of hydrogen-bond acceptors (Lipinski definition) is 8. The van der Waals surface area contributed by atoms with Crippen LogP contribution in [0.15, 0.2) is 0 Å². The molecule has 0 radical (unpaired) electrons. The van der Waals surface area contributed by atoms with Gasteiger partial charge in [-0.2, -0.15) is 15.6 Å². The molecule has 0 aromatic rings. The molecule has 0 aromatic carbocycles. The SMILES string of the molecule is O=P([O-])([O-])[O-].O=P([O-])([O-])[O-].[Ca+2].[Ca+2].[Ca+2].[Ca+2].[H-].[H-]. The summed E-state index contributed by atoms with van der Waals surface area (Å²) in [6.45, 7) is 0. The molecule has 0 aromatic heterocycles. The molecule has 0 bridgehead atoms. The molecule has 0 heterocycles. The minimum Gasteiger partial charge on any atom is -1.00 e. The van der Waals surface area contributed by atoms with Crippen LogP contribution in [0, 0.1) is 0 Å². The van der Waals surface area contributed by atoms with Gasteiger partial charge in [0.25, 0.3) is 0 Å². The predicted molar refractivity (Wildman–Crippen MR) is 40.5 cm³/mol. The zero-order valence-corrected chi connectivity index (χ0v) is 17.6. The van der Waals surface area contributed by atoms with Crippen LogP contribution in [0.25, 0.3) is 0 Å². The van der Waals surface area contributed by atoms with Gasteiger partial charge in [0.05, 0.1) is 0 Å². The fourth-order valence-corrected chi connectivity index (χ4v) is 0. The van der Waals surface area contributed by atoms with Gasteiger partial charge in [-0.3, -0.25) is 0 Å². The van der Waals surface area contributed by atoms with Gasteiger partial charge in [0.1, 0.15) is 0 Å². The summed E-state index contributed by atoms with van der Waals surface area (Å²) >= 11 is 0. The second-order valence-electron chi connectivity index (χ2n) is 0.894. The molecule has 0 rings (SSSR count). The van der Waals surface area contributed by atoms with E-state index in [1.165, 1.54) is 0 Å². The van der Waals surface area contributed by atoms with Gasteiger partial charge in [-0.1, -0.05) is 0 Å². The van der Waals surface area contributed by atoms with Crippen molar-refractivity contribution in [3.63, 3.8) is 0 Å². The molecule has 0 amide bonds. The zero-order valence-electron chi connectivity index (χ0n) is 8.99. The molecule has 14 heavy (non-hydrogen) atoms. The van der Waals surface area contributed by atoms with Crippen molar-refractivity contribution in [3.8, 4) is 0 Å². The van der Waals surface area contributed by atoms with E-state index in [-0.39, 0.29) is 154 Å². The summed E-state index contributed by atoms with van der Waals surface area (Å²) in [4.78, 5) is 51.3. The Morgan fingerprint density at radius 1 is 0.571 bits per heavy atom. The molecule has 0 N–H and O–H groups in total. The number of hydrogen-bond donors (Lipinski definition) is 0. The van der Waals surface area contributed by atoms with Gasteiger partial charge in [0, 0.05) is 0 Å². The van der Waals surface area contributed by atoms with E-state index in [9.17, 15) is 0 Å². The first-order valence-electron chi connectivity index (χ1n) is 1.46. The van der Waals surface area contributed by atoms with Crippen LogP contribution in [0.4, 0.5) is 0 Å². The molecule has 0 aliphatic carbocycles. The van der Waals surface area contributed by atoms with Crippen molar-refractivity contribution in [1.82, 2.24) is 0 Å². The number of phosphoric acid groups is 2. The third-order valence-corrected chi connectivity index (χ3v) is 0. The monoisotopic (exact) mass is 352 g/mol. The average molecular weight is 352 g/mol. The standard InChI is InChI=1S/4Ca.2H3O4P.2H/c;;;;2*1-5(2,3)4;;/h;;;;2*(H3,1,2,3,4);;/q4*+2;;;2*-1/p-6. The largest absolute Gasteiger partial charge is 2.00 e. The molecule has 14 heteroatoms. The Bertz CT molecular complexity index is 140. The van der Waals surface area contributed by atoms with E-state index < -0.39 is 15.6 Å². The predicted octanol–water partition coefficient (Wildman–Crippen LogP) is -6.95. The summed E-state index contributed by atoms with van der Waals surface area (Å²) in [5.41, 5.74) is 0. The van der Waals surface area contributed by atoms with E-state index in [4.69, 9.17) is 38.5 Å². The van der Waals surface area contributed by atoms with Crippen molar-refractivity contribution in [1.29, 1.82) is 0 Å². The third kappa shape index (κ3) is 165. The first kappa shape index (κ1) is 36.5. The van der Waals surface area contributed by atoms with Crippen LogP contribution in [-0.2, 0) is 9.13 Å². The van der Waals surface area contributed by atoms with Crippen molar-refractivity contribution in [2.45, 2.75) is 0 Å². The van der Waals surface area contributed by atoms with Crippen molar-refractivity contribution in [2.24, 2.45) is 0 Å². The molecule has 0 aliphatic rings. The molecule has 0 fully saturated rings. The summed E-state index contributed by atoms with van der Waals surface area (Å²) in [7, 11) is -10.8. The maximum absolute atomic E-state index is 8.55. The van der Waals surface area contributed by atoms with Crippen molar-refractivity contribution >= 4 is 167 Å². The summed E-state index contributed by atoms with van der Waals surface area (Å²) in [6, 6.07) is 0. The quantitative estimate of drug-likeness (QED) is 0.305. The molecule has 0 aliphatic heterocycles. The van der Waals surface area contributed by atoms with E-state index in [2.05, 4.69) is 0 Å². The van der Waals surface area contributed by atoms with Crippen LogP contribution < -0.4 is 29.4 Å². The van der Waals surface area contributed by atoms with Crippen LogP contribution in [0.2, 0.25) is 0 Å². The Labute approximate surface area is 203 Å². The van der Waals surface area contributed by atoms with E-state index >= 15 is 0 Å². The van der Waals surface area contributed by atoms with Crippen LogP contribution in [-0.4, -0.2) is 151 Å². The molecular weight excluding hydrogens is 350 g/mol. The van der Waals surface area contributed by atoms with E-state index in [1.807, 2.05) is 0 Å². The average Bonchev–Trinajstić information content (AvgIpc) is 1.12. The van der Waals surface area contributed by atoms with Crippen molar-refractivity contribution < 1.29 is 41.3 Å². The first-order chi connectivity index (χ1) is 4.00. The molecule has 0 spiro atoms. The smallest absolute Gasteiger partial charge is 1.00 e. The molecule has 8 nitrogen and oxygen atoms in total. The third-order valence-electron chi connectivity index (χ3n) is 0. The zero-order chi connectivity index (χ0) is 9.00. The van der Waals surface area contributed by atoms with Gasteiger partial charge < -0.3 is 41.3 Å². The topological polar surface area (TPSA) is 172 Å². The Morgan fingerprint density at radius 3 is 0.571 bits per heavy atom. The fraction of sp³-hybridized carbons (Fsp3) is 0. The van der Waals surface area contributed by atoms with Crippen LogP contribution in [0.5, 0.6) is 0 Å². The molecule has 0 atom stereocenters. The Morgan fingerprint density at radius 2 is 0.571 bits per heavy atom. The van der Waals surface area contributed by atoms with Gasteiger partial charge in [-0.25, -0.2) is 0 Å². The Kier molecular flexibility index (Phi) is 47.6. The summed E-state index contributed by atoms with van der Waals surface area (Å²) in [5.74, 6) is 0. The second-order valence-corrected chi connectivity index (χ2v) is 2.68. The minimum absolute atomic E-state index is 0. The van der Waals surface area contributed by atoms with Gasteiger partial charge >= 0.3 is 151 Å². The van der Waals surface area contributed by atoms with E-state index in [0.717, 1.165) is 0 Å². The second kappa shape index (κ2) is 18.3. The van der Waals surface area contributed by atoms with Crippen LogP contribution in [0.1, 0.15) is 2.85 Å². The van der Waals surface area contributed by atoms with Gasteiger partial charge in [-0.05, 0) is 0 Å². The molecule has 0 saturated carbocycles. The summed E-state index contributed by atoms with van der Waals surface area (Å²) < 4.78 is 17.1. The molecule has 0 unspecified atom stereocenters. The van der Waals surface area contributed by atoms with Gasteiger partial charge in [0.2, 0.25) is 0 Å². The molecule has 0 saturated heterocycles. The van der Waals surface area contributed by atoms with E-state index in [1.54, 1.807) is 0 Å². The van der Waals surface area contributed by atoms with Crippen LogP contribution >= 0.6 is 15.6 Å². The normalized spacial score (nSPS) is 8.43. The van der Waals surface area contributed by atoms with Crippen molar-refractivity contribution in [3.05, 3.63) is 0 Å². The minimum atomic E-state index is -5.39. The van der Waals surface area contributed by atoms with Gasteiger partial charge in [0.15, 0.2) is 0 Å². The summed E-state index contributed by atoms with van der Waals surface area (Å²) in [6.07, 6.45) is 0. The molecule has 68 valence electrons. The van der Waals surface area contributed by atoms with Crippen molar-refractivity contribution in [2.75, 3.05) is 0 Å². The molecular formula is H2Ca4O8P2. The Balaban J connectivity index is -0.00000000970. The Hall–Kier alpha value is 5.26. The number of rotatable bonds is 0. The fourth-order valence-electron chi connectivity index (χ4n) is 0. The first-order valence-corrected chi connectivity index (χ1v) is 4.38.